The van der Waals surface area contributed by atoms with E-state index >= 15 is 0 Å². The number of alkyl halides is 3. The number of halogens is 3. The van der Waals surface area contributed by atoms with Crippen LogP contribution in [0.15, 0.2) is 24.4 Å². The summed E-state index contributed by atoms with van der Waals surface area (Å²) in [7, 11) is 0. The van der Waals surface area contributed by atoms with Gasteiger partial charge in [0.25, 0.3) is 0 Å². The second-order valence-corrected chi connectivity index (χ2v) is 8.01. The minimum Gasteiger partial charge on any atom is -0.343 e. The molecule has 0 unspecified atom stereocenters. The van der Waals surface area contributed by atoms with Gasteiger partial charge in [0.2, 0.25) is 11.9 Å². The van der Waals surface area contributed by atoms with Crippen molar-refractivity contribution in [2.45, 2.75) is 31.9 Å². The largest absolute Gasteiger partial charge is 0.419 e. The summed E-state index contributed by atoms with van der Waals surface area (Å²) < 4.78 is 40.2. The van der Waals surface area contributed by atoms with Gasteiger partial charge in [-0.15, -0.1) is 0 Å². The molecular formula is C21H22F3N7O. The predicted octanol–water partition coefficient (Wildman–Crippen LogP) is 3.32. The summed E-state index contributed by atoms with van der Waals surface area (Å²) in [6.07, 6.45) is -1.88. The van der Waals surface area contributed by atoms with Gasteiger partial charge < -0.3 is 15.1 Å². The Kier molecular flexibility index (Phi) is 5.86. The van der Waals surface area contributed by atoms with Crippen molar-refractivity contribution in [3.63, 3.8) is 0 Å². The van der Waals surface area contributed by atoms with Crippen molar-refractivity contribution in [2.75, 3.05) is 36.4 Å². The van der Waals surface area contributed by atoms with Crippen LogP contribution < -0.4 is 10.2 Å². The van der Waals surface area contributed by atoms with Crippen molar-refractivity contribution in [2.24, 2.45) is 5.92 Å². The maximum atomic E-state index is 13.4. The highest BCUT2D eigenvalue weighted by molar-refractivity contribution is 5.73. The number of hydrogen-bond donors (Lipinski definition) is 1. The first kappa shape index (κ1) is 21.8. The Bertz CT molecular complexity index is 1040. The molecule has 8 nitrogen and oxygen atoms in total. The Balaban J connectivity index is 1.63. The molecule has 0 aromatic carbocycles. The minimum absolute atomic E-state index is 0.0205. The van der Waals surface area contributed by atoms with Crippen molar-refractivity contribution in [1.82, 2.24) is 19.9 Å². The smallest absolute Gasteiger partial charge is 0.343 e. The fraction of sp³-hybridized carbons (Fsp3) is 0.476. The van der Waals surface area contributed by atoms with Gasteiger partial charge in [-0.05, 0) is 25.0 Å². The first-order valence-corrected chi connectivity index (χ1v) is 10.3. The van der Waals surface area contributed by atoms with Gasteiger partial charge in [-0.3, -0.25) is 4.79 Å². The van der Waals surface area contributed by atoms with E-state index in [1.807, 2.05) is 4.90 Å². The van der Waals surface area contributed by atoms with E-state index in [1.54, 1.807) is 11.0 Å². The van der Waals surface area contributed by atoms with Crippen LogP contribution in [0.1, 0.15) is 36.9 Å². The molecule has 0 atom stereocenters. The number of amides is 1. The molecule has 2 aliphatic rings. The highest BCUT2D eigenvalue weighted by Crippen LogP contribution is 2.36. The maximum absolute atomic E-state index is 13.4. The molecule has 0 saturated carbocycles. The Morgan fingerprint density at radius 3 is 2.59 bits per heavy atom. The summed E-state index contributed by atoms with van der Waals surface area (Å²) in [4.78, 5) is 28.1. The lowest BCUT2D eigenvalue weighted by molar-refractivity contribution is -0.137. The van der Waals surface area contributed by atoms with Crippen LogP contribution in [0.25, 0.3) is 0 Å². The number of rotatable bonds is 4. The molecular weight excluding hydrogens is 423 g/mol. The first-order valence-electron chi connectivity index (χ1n) is 10.3. The standard InChI is InChI=1S/C21H22F3N7O/c1-13(32)30-7-4-15(5-8-30)17-9-18(29-20(27-17)31-11-14(10-25)12-31)28-19-16(21(22,23)24)3-2-6-26-19/h2-3,6,9,14-15H,4-5,7-8,11-12H2,1H3,(H,26,27,28,29). The van der Waals surface area contributed by atoms with Crippen LogP contribution in [-0.4, -0.2) is 51.9 Å². The third-order valence-electron chi connectivity index (χ3n) is 5.80. The molecule has 2 fully saturated rings. The summed E-state index contributed by atoms with van der Waals surface area (Å²) in [5.74, 6) is 0.197. The van der Waals surface area contributed by atoms with Gasteiger partial charge >= 0.3 is 6.18 Å². The number of nitriles is 1. The number of piperidine rings is 1. The van der Waals surface area contributed by atoms with Crippen LogP contribution in [0, 0.1) is 17.2 Å². The van der Waals surface area contributed by atoms with Gasteiger partial charge in [-0.25, -0.2) is 9.97 Å². The number of nitrogens with one attached hydrogen (secondary N) is 1. The molecule has 168 valence electrons. The average molecular weight is 445 g/mol. The maximum Gasteiger partial charge on any atom is 0.419 e. The highest BCUT2D eigenvalue weighted by atomic mass is 19.4. The molecule has 32 heavy (non-hydrogen) atoms. The number of pyridine rings is 1. The van der Waals surface area contributed by atoms with E-state index in [2.05, 4.69) is 26.3 Å². The Morgan fingerprint density at radius 1 is 1.25 bits per heavy atom. The average Bonchev–Trinajstić information content (AvgIpc) is 2.72. The summed E-state index contributed by atoms with van der Waals surface area (Å²) in [6, 6.07) is 6.03. The van der Waals surface area contributed by atoms with Crippen molar-refractivity contribution in [3.05, 3.63) is 35.7 Å². The number of hydrogen-bond acceptors (Lipinski definition) is 7. The van der Waals surface area contributed by atoms with Crippen molar-refractivity contribution in [1.29, 1.82) is 5.26 Å². The minimum atomic E-state index is -4.56. The van der Waals surface area contributed by atoms with Crippen molar-refractivity contribution >= 4 is 23.5 Å². The number of nitrogens with zero attached hydrogens (tertiary/aromatic N) is 6. The Hall–Kier alpha value is -3.42. The number of carbonyl (C=O) groups is 1. The molecule has 2 aliphatic heterocycles. The highest BCUT2D eigenvalue weighted by Gasteiger charge is 2.35. The van der Waals surface area contributed by atoms with Gasteiger partial charge in [-0.2, -0.15) is 23.4 Å². The van der Waals surface area contributed by atoms with Crippen molar-refractivity contribution in [3.8, 4) is 6.07 Å². The predicted molar refractivity (Wildman–Crippen MR) is 110 cm³/mol. The summed E-state index contributed by atoms with van der Waals surface area (Å²) in [5, 5.41) is 11.8. The van der Waals surface area contributed by atoms with Crippen LogP contribution in [0.2, 0.25) is 0 Å². The topological polar surface area (TPSA) is 98.0 Å². The molecule has 2 aromatic heterocycles. The monoisotopic (exact) mass is 445 g/mol. The lowest BCUT2D eigenvalue weighted by Crippen LogP contribution is -2.47. The molecule has 11 heteroatoms. The fourth-order valence-electron chi connectivity index (χ4n) is 3.94. The van der Waals surface area contributed by atoms with E-state index in [1.165, 1.54) is 19.2 Å². The van der Waals surface area contributed by atoms with E-state index in [-0.39, 0.29) is 29.4 Å². The third-order valence-corrected chi connectivity index (χ3v) is 5.80. The summed E-state index contributed by atoms with van der Waals surface area (Å²) in [6.45, 7) is 3.67. The molecule has 4 rings (SSSR count). The molecule has 0 radical (unpaired) electrons. The lowest BCUT2D eigenvalue weighted by atomic mass is 9.93. The number of likely N-dealkylation sites (tertiary alicyclic amines) is 1. The van der Waals surface area contributed by atoms with E-state index in [0.29, 0.717) is 50.7 Å². The molecule has 4 heterocycles. The summed E-state index contributed by atoms with van der Waals surface area (Å²) in [5.41, 5.74) is -0.185. The third kappa shape index (κ3) is 4.59. The van der Waals surface area contributed by atoms with Gasteiger partial charge in [0.15, 0.2) is 0 Å². The van der Waals surface area contributed by atoms with E-state index < -0.39 is 11.7 Å². The van der Waals surface area contributed by atoms with Crippen LogP contribution in [0.5, 0.6) is 0 Å². The molecule has 1 N–H and O–H groups in total. The zero-order valence-electron chi connectivity index (χ0n) is 17.4. The molecule has 0 bridgehead atoms. The fourth-order valence-corrected chi connectivity index (χ4v) is 3.94. The molecule has 2 saturated heterocycles. The Labute approximate surface area is 183 Å². The molecule has 2 aromatic rings. The quantitative estimate of drug-likeness (QED) is 0.771. The van der Waals surface area contributed by atoms with Gasteiger partial charge in [0, 0.05) is 51.3 Å². The summed E-state index contributed by atoms with van der Waals surface area (Å²) >= 11 is 0. The molecule has 0 aliphatic carbocycles. The number of carbonyl (C=O) groups excluding carboxylic acids is 1. The number of anilines is 3. The van der Waals surface area contributed by atoms with Crippen LogP contribution in [-0.2, 0) is 11.0 Å². The van der Waals surface area contributed by atoms with E-state index in [9.17, 15) is 18.0 Å². The number of aromatic nitrogens is 3. The zero-order chi connectivity index (χ0) is 22.9. The van der Waals surface area contributed by atoms with E-state index in [4.69, 9.17) is 5.26 Å². The second-order valence-electron chi connectivity index (χ2n) is 8.01. The second kappa shape index (κ2) is 8.61. The van der Waals surface area contributed by atoms with Crippen LogP contribution in [0.4, 0.5) is 30.8 Å². The molecule has 1 amide bonds. The van der Waals surface area contributed by atoms with Gasteiger partial charge in [0.05, 0.1) is 23.2 Å². The van der Waals surface area contributed by atoms with E-state index in [0.717, 1.165) is 6.07 Å². The van der Waals surface area contributed by atoms with Gasteiger partial charge in [-0.1, -0.05) is 0 Å². The van der Waals surface area contributed by atoms with Crippen LogP contribution >= 0.6 is 0 Å². The normalized spacial score (nSPS) is 17.6. The first-order chi connectivity index (χ1) is 15.2. The SMILES string of the molecule is CC(=O)N1CCC(c2cc(Nc3ncccc3C(F)(F)F)nc(N3CC(C#N)C3)n2)CC1. The zero-order valence-corrected chi connectivity index (χ0v) is 17.4. The van der Waals surface area contributed by atoms with Gasteiger partial charge in [0.1, 0.15) is 11.6 Å². The van der Waals surface area contributed by atoms with Crippen LogP contribution in [0.3, 0.4) is 0 Å². The molecule has 0 spiro atoms. The van der Waals surface area contributed by atoms with Crippen molar-refractivity contribution < 1.29 is 18.0 Å². The Morgan fingerprint density at radius 2 is 1.97 bits per heavy atom. The lowest BCUT2D eigenvalue weighted by Gasteiger charge is -2.36.